The van der Waals surface area contributed by atoms with E-state index in [1.54, 1.807) is 4.68 Å². The Morgan fingerprint density at radius 3 is 2.56 bits per heavy atom. The van der Waals surface area contributed by atoms with Crippen LogP contribution in [0.3, 0.4) is 0 Å². The van der Waals surface area contributed by atoms with Crippen LogP contribution in [0.15, 0.2) is 0 Å². The second-order valence-electron chi connectivity index (χ2n) is 6.08. The van der Waals surface area contributed by atoms with Crippen LogP contribution in [0.2, 0.25) is 0 Å². The van der Waals surface area contributed by atoms with Gasteiger partial charge >= 0.3 is 0 Å². The molecule has 1 fully saturated rings. The SMILES string of the molecule is Cc1nnnn1CCC(=O)NC1(C(C)(C)C)CC1. The van der Waals surface area contributed by atoms with Crippen molar-refractivity contribution in [2.24, 2.45) is 5.41 Å². The molecule has 0 unspecified atom stereocenters. The molecule has 1 amide bonds. The number of nitrogens with zero attached hydrogens (tertiary/aromatic N) is 4. The van der Waals surface area contributed by atoms with Crippen LogP contribution in [0.5, 0.6) is 0 Å². The summed E-state index contributed by atoms with van der Waals surface area (Å²) in [5.41, 5.74) is 0.118. The Morgan fingerprint density at radius 1 is 1.44 bits per heavy atom. The van der Waals surface area contributed by atoms with Gasteiger partial charge in [-0.1, -0.05) is 20.8 Å². The molecule has 1 heterocycles. The van der Waals surface area contributed by atoms with E-state index < -0.39 is 0 Å². The van der Waals surface area contributed by atoms with Crippen molar-refractivity contribution in [2.75, 3.05) is 0 Å². The molecular formula is C12H21N5O. The Kier molecular flexibility index (Phi) is 3.12. The van der Waals surface area contributed by atoms with E-state index in [1.807, 2.05) is 6.92 Å². The fraction of sp³-hybridized carbons (Fsp3) is 0.833. The van der Waals surface area contributed by atoms with Crippen molar-refractivity contribution in [1.82, 2.24) is 25.5 Å². The largest absolute Gasteiger partial charge is 0.350 e. The summed E-state index contributed by atoms with van der Waals surface area (Å²) in [5.74, 6) is 0.817. The van der Waals surface area contributed by atoms with Crippen molar-refractivity contribution in [2.45, 2.75) is 59.0 Å². The number of tetrazole rings is 1. The number of hydrogen-bond acceptors (Lipinski definition) is 4. The molecule has 1 saturated carbocycles. The molecule has 1 aromatic heterocycles. The maximum atomic E-state index is 12.0. The molecule has 0 radical (unpaired) electrons. The lowest BCUT2D eigenvalue weighted by Crippen LogP contribution is -2.46. The molecular weight excluding hydrogens is 230 g/mol. The molecule has 1 aromatic rings. The minimum absolute atomic E-state index is 0.000254. The van der Waals surface area contributed by atoms with Crippen LogP contribution >= 0.6 is 0 Å². The molecule has 1 aliphatic rings. The minimum atomic E-state index is -0.000254. The summed E-state index contributed by atoms with van der Waals surface area (Å²) in [7, 11) is 0. The lowest BCUT2D eigenvalue weighted by molar-refractivity contribution is -0.123. The Morgan fingerprint density at radius 2 is 2.11 bits per heavy atom. The standard InChI is InChI=1S/C12H21N5O/c1-9-14-15-16-17(9)8-5-10(18)13-12(6-7-12)11(2,3)4/h5-8H2,1-4H3,(H,13,18). The van der Waals surface area contributed by atoms with Crippen molar-refractivity contribution in [3.8, 4) is 0 Å². The maximum Gasteiger partial charge on any atom is 0.222 e. The number of nitrogens with one attached hydrogen (secondary N) is 1. The molecule has 0 saturated heterocycles. The summed E-state index contributed by atoms with van der Waals surface area (Å²) < 4.78 is 1.65. The normalized spacial score (nSPS) is 17.6. The van der Waals surface area contributed by atoms with E-state index in [9.17, 15) is 4.79 Å². The topological polar surface area (TPSA) is 72.7 Å². The molecule has 0 spiro atoms. The predicted molar refractivity (Wildman–Crippen MR) is 66.7 cm³/mol. The first kappa shape index (κ1) is 13.0. The number of hydrogen-bond donors (Lipinski definition) is 1. The monoisotopic (exact) mass is 251 g/mol. The summed E-state index contributed by atoms with van der Waals surface area (Å²) in [6.45, 7) is 8.88. The lowest BCUT2D eigenvalue weighted by Gasteiger charge is -2.31. The zero-order valence-electron chi connectivity index (χ0n) is 11.5. The molecule has 6 heteroatoms. The summed E-state index contributed by atoms with van der Waals surface area (Å²) >= 11 is 0. The van der Waals surface area contributed by atoms with Crippen LogP contribution in [0.1, 0.15) is 45.9 Å². The van der Waals surface area contributed by atoms with Crippen LogP contribution in [0.25, 0.3) is 0 Å². The van der Waals surface area contributed by atoms with Crippen molar-refractivity contribution >= 4 is 5.91 Å². The van der Waals surface area contributed by atoms with Gasteiger partial charge in [-0.05, 0) is 35.6 Å². The molecule has 1 aliphatic carbocycles. The van der Waals surface area contributed by atoms with Gasteiger partial charge in [0.1, 0.15) is 5.82 Å². The molecule has 1 N–H and O–H groups in total. The van der Waals surface area contributed by atoms with Crippen LogP contribution in [-0.2, 0) is 11.3 Å². The zero-order valence-corrected chi connectivity index (χ0v) is 11.5. The number of carbonyl (C=O) groups excluding carboxylic acids is 1. The van der Waals surface area contributed by atoms with Crippen molar-refractivity contribution in [3.05, 3.63) is 5.82 Å². The summed E-state index contributed by atoms with van der Waals surface area (Å²) in [6, 6.07) is 0. The van der Waals surface area contributed by atoms with Crippen molar-refractivity contribution in [3.63, 3.8) is 0 Å². The molecule has 0 atom stereocenters. The highest BCUT2D eigenvalue weighted by Gasteiger charge is 2.52. The highest BCUT2D eigenvalue weighted by Crippen LogP contribution is 2.49. The lowest BCUT2D eigenvalue weighted by atomic mass is 9.84. The first-order chi connectivity index (χ1) is 8.34. The van der Waals surface area contributed by atoms with E-state index in [1.165, 1.54) is 0 Å². The van der Waals surface area contributed by atoms with E-state index in [2.05, 4.69) is 41.6 Å². The van der Waals surface area contributed by atoms with Gasteiger partial charge in [0, 0.05) is 12.0 Å². The number of carbonyl (C=O) groups is 1. The number of aryl methyl sites for hydroxylation is 2. The van der Waals surface area contributed by atoms with Gasteiger partial charge in [0.2, 0.25) is 5.91 Å². The average Bonchev–Trinajstić information content (AvgIpc) is 2.93. The van der Waals surface area contributed by atoms with E-state index in [-0.39, 0.29) is 16.9 Å². The maximum absolute atomic E-state index is 12.0. The Balaban J connectivity index is 1.85. The van der Waals surface area contributed by atoms with Crippen LogP contribution in [-0.4, -0.2) is 31.7 Å². The predicted octanol–water partition coefficient (Wildman–Crippen LogP) is 1.07. The molecule has 100 valence electrons. The second kappa shape index (κ2) is 4.33. The average molecular weight is 251 g/mol. The van der Waals surface area contributed by atoms with Gasteiger partial charge in [-0.2, -0.15) is 0 Å². The Hall–Kier alpha value is -1.46. The van der Waals surface area contributed by atoms with Gasteiger partial charge in [0.15, 0.2) is 0 Å². The summed E-state index contributed by atoms with van der Waals surface area (Å²) in [4.78, 5) is 12.0. The Bertz CT molecular complexity index is 442. The highest BCUT2D eigenvalue weighted by atomic mass is 16.1. The van der Waals surface area contributed by atoms with Gasteiger partial charge in [0.05, 0.1) is 6.54 Å². The third-order valence-corrected chi connectivity index (χ3v) is 3.83. The second-order valence-corrected chi connectivity index (χ2v) is 6.08. The van der Waals surface area contributed by atoms with Gasteiger partial charge in [-0.3, -0.25) is 4.79 Å². The third kappa shape index (κ3) is 2.52. The molecule has 18 heavy (non-hydrogen) atoms. The zero-order chi connectivity index (χ0) is 13.4. The van der Waals surface area contributed by atoms with Crippen molar-refractivity contribution in [1.29, 1.82) is 0 Å². The van der Waals surface area contributed by atoms with Crippen molar-refractivity contribution < 1.29 is 4.79 Å². The van der Waals surface area contributed by atoms with Crippen LogP contribution in [0, 0.1) is 12.3 Å². The first-order valence-electron chi connectivity index (χ1n) is 6.38. The molecule has 2 rings (SSSR count). The van der Waals surface area contributed by atoms with Gasteiger partial charge < -0.3 is 5.32 Å². The van der Waals surface area contributed by atoms with Crippen LogP contribution in [0.4, 0.5) is 0 Å². The van der Waals surface area contributed by atoms with Crippen LogP contribution < -0.4 is 5.32 Å². The molecule has 0 aliphatic heterocycles. The van der Waals surface area contributed by atoms with Gasteiger partial charge in [-0.15, -0.1) is 5.10 Å². The summed E-state index contributed by atoms with van der Waals surface area (Å²) in [5, 5.41) is 14.3. The van der Waals surface area contributed by atoms with E-state index in [0.29, 0.717) is 13.0 Å². The molecule has 0 aromatic carbocycles. The minimum Gasteiger partial charge on any atom is -0.350 e. The summed E-state index contributed by atoms with van der Waals surface area (Å²) in [6.07, 6.45) is 2.57. The smallest absolute Gasteiger partial charge is 0.222 e. The van der Waals surface area contributed by atoms with Gasteiger partial charge in [-0.25, -0.2) is 4.68 Å². The molecule has 0 bridgehead atoms. The molecule has 6 nitrogen and oxygen atoms in total. The number of amides is 1. The third-order valence-electron chi connectivity index (χ3n) is 3.83. The highest BCUT2D eigenvalue weighted by molar-refractivity contribution is 5.77. The first-order valence-corrected chi connectivity index (χ1v) is 6.38. The van der Waals surface area contributed by atoms with Gasteiger partial charge in [0.25, 0.3) is 0 Å². The van der Waals surface area contributed by atoms with E-state index in [0.717, 1.165) is 18.7 Å². The fourth-order valence-corrected chi connectivity index (χ4v) is 2.18. The quantitative estimate of drug-likeness (QED) is 0.868. The van der Waals surface area contributed by atoms with E-state index >= 15 is 0 Å². The number of aromatic nitrogens is 4. The Labute approximate surface area is 107 Å². The number of rotatable bonds is 4. The van der Waals surface area contributed by atoms with E-state index in [4.69, 9.17) is 0 Å². The fourth-order valence-electron chi connectivity index (χ4n) is 2.18.